The maximum Gasteiger partial charge on any atom is 0.253 e. The fourth-order valence-electron chi connectivity index (χ4n) is 3.76. The fourth-order valence-corrected chi connectivity index (χ4v) is 3.76. The molecule has 1 saturated carbocycles. The Morgan fingerprint density at radius 2 is 1.95 bits per heavy atom. The van der Waals surface area contributed by atoms with Crippen LogP contribution in [0.3, 0.4) is 0 Å². The zero-order valence-electron chi connectivity index (χ0n) is 13.0. The van der Waals surface area contributed by atoms with E-state index in [1.165, 1.54) is 19.3 Å². The van der Waals surface area contributed by atoms with Gasteiger partial charge in [0.1, 0.15) is 0 Å². The molecule has 1 spiro atoms. The van der Waals surface area contributed by atoms with Crippen LogP contribution in [0.25, 0.3) is 0 Å². The van der Waals surface area contributed by atoms with Crippen molar-refractivity contribution in [2.45, 2.75) is 62.7 Å². The summed E-state index contributed by atoms with van der Waals surface area (Å²) in [7, 11) is 0. The molecule has 2 atom stereocenters. The summed E-state index contributed by atoms with van der Waals surface area (Å²) in [5, 5.41) is 13.2. The highest BCUT2D eigenvalue weighted by Gasteiger charge is 2.39. The average Bonchev–Trinajstić information content (AvgIpc) is 2.56. The van der Waals surface area contributed by atoms with Crippen molar-refractivity contribution >= 4 is 5.91 Å². The van der Waals surface area contributed by atoms with E-state index in [1.807, 2.05) is 18.2 Å². The molecule has 4 nitrogen and oxygen atoms in total. The molecule has 120 valence electrons. The molecule has 22 heavy (non-hydrogen) atoms. The molecule has 0 aromatic heterocycles. The lowest BCUT2D eigenvalue weighted by Crippen LogP contribution is -2.50. The second kappa shape index (κ2) is 6.80. The number of rotatable bonds is 3. The van der Waals surface area contributed by atoms with Gasteiger partial charge in [-0.3, -0.25) is 4.79 Å². The van der Waals surface area contributed by atoms with Gasteiger partial charge < -0.3 is 15.2 Å². The first-order valence-corrected chi connectivity index (χ1v) is 8.36. The Labute approximate surface area is 131 Å². The van der Waals surface area contributed by atoms with Gasteiger partial charge in [-0.1, -0.05) is 49.6 Å². The number of carbonyl (C=O) groups is 1. The number of aliphatic hydroxyl groups is 1. The number of ether oxygens (including phenoxy) is 1. The number of nitrogens with one attached hydrogen (secondary N) is 1. The number of benzene rings is 1. The Balaban J connectivity index is 1.59. The van der Waals surface area contributed by atoms with E-state index < -0.39 is 6.10 Å². The average molecular weight is 303 g/mol. The molecule has 1 aromatic carbocycles. The van der Waals surface area contributed by atoms with Crippen LogP contribution in [0.4, 0.5) is 0 Å². The third-order valence-corrected chi connectivity index (χ3v) is 4.97. The molecule has 0 unspecified atom stereocenters. The summed E-state index contributed by atoms with van der Waals surface area (Å²) in [4.78, 5) is 12.3. The number of carbonyl (C=O) groups excluding carboxylic acids is 1. The van der Waals surface area contributed by atoms with Gasteiger partial charge in [-0.2, -0.15) is 0 Å². The lowest BCUT2D eigenvalue weighted by molar-refractivity contribution is -0.135. The fraction of sp³-hybridized carbons (Fsp3) is 0.611. The normalized spacial score (nSPS) is 25.6. The molecule has 3 rings (SSSR count). The second-order valence-corrected chi connectivity index (χ2v) is 6.60. The summed E-state index contributed by atoms with van der Waals surface area (Å²) in [6.45, 7) is 0.701. The highest BCUT2D eigenvalue weighted by atomic mass is 16.5. The number of hydrogen-bond donors (Lipinski definition) is 2. The van der Waals surface area contributed by atoms with Gasteiger partial charge >= 0.3 is 0 Å². The lowest BCUT2D eigenvalue weighted by Gasteiger charge is -2.43. The molecule has 2 fully saturated rings. The van der Waals surface area contributed by atoms with Crippen LogP contribution in [0.15, 0.2) is 30.3 Å². The zero-order valence-corrected chi connectivity index (χ0v) is 13.0. The first-order valence-electron chi connectivity index (χ1n) is 8.36. The van der Waals surface area contributed by atoms with Gasteiger partial charge in [-0.25, -0.2) is 0 Å². The monoisotopic (exact) mass is 303 g/mol. The van der Waals surface area contributed by atoms with E-state index >= 15 is 0 Å². The van der Waals surface area contributed by atoms with Crippen LogP contribution >= 0.6 is 0 Å². The van der Waals surface area contributed by atoms with Gasteiger partial charge in [-0.15, -0.1) is 0 Å². The van der Waals surface area contributed by atoms with Crippen LogP contribution in [0, 0.1) is 0 Å². The van der Waals surface area contributed by atoms with Crippen molar-refractivity contribution in [2.24, 2.45) is 0 Å². The molecule has 1 amide bonds. The quantitative estimate of drug-likeness (QED) is 0.902. The van der Waals surface area contributed by atoms with Crippen molar-refractivity contribution < 1.29 is 14.6 Å². The lowest BCUT2D eigenvalue weighted by atomic mass is 9.78. The third-order valence-electron chi connectivity index (χ3n) is 4.97. The SMILES string of the molecule is O=C(N[C@H]1CCOC2(CCCCC2)C1)[C@H](O)c1ccccc1. The molecule has 1 aromatic rings. The van der Waals surface area contributed by atoms with Gasteiger partial charge in [-0.05, 0) is 31.2 Å². The number of aliphatic hydroxyl groups excluding tert-OH is 1. The van der Waals surface area contributed by atoms with E-state index in [4.69, 9.17) is 4.74 Å². The van der Waals surface area contributed by atoms with Crippen molar-refractivity contribution in [2.75, 3.05) is 6.61 Å². The Kier molecular flexibility index (Phi) is 4.79. The second-order valence-electron chi connectivity index (χ2n) is 6.60. The summed E-state index contributed by atoms with van der Waals surface area (Å²) in [6, 6.07) is 9.19. The van der Waals surface area contributed by atoms with E-state index in [1.54, 1.807) is 12.1 Å². The number of amides is 1. The first-order chi connectivity index (χ1) is 10.7. The molecule has 2 N–H and O–H groups in total. The minimum atomic E-state index is -1.09. The van der Waals surface area contributed by atoms with Crippen LogP contribution in [0.1, 0.15) is 56.6 Å². The van der Waals surface area contributed by atoms with Crippen molar-refractivity contribution in [3.05, 3.63) is 35.9 Å². The van der Waals surface area contributed by atoms with Crippen LogP contribution in [0.2, 0.25) is 0 Å². The molecule has 1 heterocycles. The van der Waals surface area contributed by atoms with Gasteiger partial charge in [0.2, 0.25) is 0 Å². The Morgan fingerprint density at radius 1 is 1.23 bits per heavy atom. The highest BCUT2D eigenvalue weighted by molar-refractivity contribution is 5.82. The zero-order chi connectivity index (χ0) is 15.4. The van der Waals surface area contributed by atoms with E-state index in [-0.39, 0.29) is 17.6 Å². The molecule has 1 aliphatic heterocycles. The molecule has 0 radical (unpaired) electrons. The Morgan fingerprint density at radius 3 is 2.68 bits per heavy atom. The molecule has 1 saturated heterocycles. The number of hydrogen-bond acceptors (Lipinski definition) is 3. The maximum absolute atomic E-state index is 12.3. The molecule has 1 aliphatic carbocycles. The summed E-state index contributed by atoms with van der Waals surface area (Å²) >= 11 is 0. The van der Waals surface area contributed by atoms with Crippen molar-refractivity contribution in [1.29, 1.82) is 0 Å². The third kappa shape index (κ3) is 3.50. The minimum absolute atomic E-state index is 0.0356. The largest absolute Gasteiger partial charge is 0.378 e. The van der Waals surface area contributed by atoms with E-state index in [9.17, 15) is 9.90 Å². The topological polar surface area (TPSA) is 58.6 Å². The van der Waals surface area contributed by atoms with Crippen LogP contribution in [-0.2, 0) is 9.53 Å². The van der Waals surface area contributed by atoms with Crippen LogP contribution in [-0.4, -0.2) is 29.3 Å². The summed E-state index contributed by atoms with van der Waals surface area (Å²) in [6.07, 6.45) is 6.53. The molecule has 0 bridgehead atoms. The van der Waals surface area contributed by atoms with Gasteiger partial charge in [0.15, 0.2) is 6.10 Å². The van der Waals surface area contributed by atoms with Crippen molar-refractivity contribution in [1.82, 2.24) is 5.32 Å². The first kappa shape index (κ1) is 15.5. The molecule has 4 heteroatoms. The summed E-state index contributed by atoms with van der Waals surface area (Å²) < 4.78 is 6.05. The summed E-state index contributed by atoms with van der Waals surface area (Å²) in [5.74, 6) is -0.302. The molecule has 2 aliphatic rings. The van der Waals surface area contributed by atoms with E-state index in [2.05, 4.69) is 5.32 Å². The minimum Gasteiger partial charge on any atom is -0.378 e. The smallest absolute Gasteiger partial charge is 0.253 e. The Bertz CT molecular complexity index is 491. The van der Waals surface area contributed by atoms with Crippen molar-refractivity contribution in [3.8, 4) is 0 Å². The molecular weight excluding hydrogens is 278 g/mol. The van der Waals surface area contributed by atoms with Gasteiger partial charge in [0.25, 0.3) is 5.91 Å². The predicted molar refractivity (Wildman–Crippen MR) is 84.3 cm³/mol. The Hall–Kier alpha value is -1.39. The highest BCUT2D eigenvalue weighted by Crippen LogP contribution is 2.38. The van der Waals surface area contributed by atoms with Gasteiger partial charge in [0, 0.05) is 12.6 Å². The summed E-state index contributed by atoms with van der Waals surface area (Å²) in [5.41, 5.74) is 0.603. The maximum atomic E-state index is 12.3. The van der Waals surface area contributed by atoms with E-state index in [0.717, 1.165) is 25.7 Å². The van der Waals surface area contributed by atoms with Crippen molar-refractivity contribution in [3.63, 3.8) is 0 Å². The van der Waals surface area contributed by atoms with E-state index in [0.29, 0.717) is 12.2 Å². The van der Waals surface area contributed by atoms with Gasteiger partial charge in [0.05, 0.1) is 5.60 Å². The van der Waals surface area contributed by atoms with Crippen LogP contribution < -0.4 is 5.32 Å². The molecular formula is C18H25NO3. The van der Waals surface area contributed by atoms with Crippen LogP contribution in [0.5, 0.6) is 0 Å². The standard InChI is InChI=1S/C18H25NO3/c20-16(14-7-3-1-4-8-14)17(21)19-15-9-12-22-18(13-15)10-5-2-6-11-18/h1,3-4,7-8,15-16,20H,2,5-6,9-13H2,(H,19,21)/t15-,16+/m0/s1. The predicted octanol–water partition coefficient (Wildman–Crippen LogP) is 2.72.